The molecule has 1 fully saturated rings. The van der Waals surface area contributed by atoms with Gasteiger partial charge in [-0.15, -0.1) is 0 Å². The minimum absolute atomic E-state index is 0.206. The summed E-state index contributed by atoms with van der Waals surface area (Å²) in [6.07, 6.45) is 1.37. The molecule has 1 aliphatic rings. The quantitative estimate of drug-likeness (QED) is 0.348. The summed E-state index contributed by atoms with van der Waals surface area (Å²) in [6, 6.07) is 19.3. The monoisotopic (exact) mass is 451 g/mol. The fourth-order valence-electron chi connectivity index (χ4n) is 4.35. The second kappa shape index (κ2) is 9.53. The predicted molar refractivity (Wildman–Crippen MR) is 123 cm³/mol. The minimum Gasteiger partial charge on any atom is -0.429 e. The van der Waals surface area contributed by atoms with E-state index >= 15 is 0 Å². The Hall–Kier alpha value is -2.53. The third-order valence-electron chi connectivity index (χ3n) is 6.46. The molecule has 4 rings (SSSR count). The highest BCUT2D eigenvalue weighted by Gasteiger charge is 2.34. The van der Waals surface area contributed by atoms with E-state index in [9.17, 15) is 13.2 Å². The van der Waals surface area contributed by atoms with Crippen molar-refractivity contribution >= 4 is 10.2 Å². The molecule has 1 nitrogen and oxygen atoms in total. The highest BCUT2D eigenvalue weighted by atomic mass is 28.1. The van der Waals surface area contributed by atoms with Gasteiger partial charge in [-0.25, -0.2) is 4.39 Å². The molecule has 0 spiro atoms. The van der Waals surface area contributed by atoms with Crippen molar-refractivity contribution in [3.05, 3.63) is 89.2 Å². The molecule has 0 aromatic heterocycles. The molecule has 0 bridgehead atoms. The van der Waals surface area contributed by atoms with Crippen LogP contribution in [0.25, 0.3) is 11.1 Å². The second-order valence-electron chi connectivity index (χ2n) is 8.65. The van der Waals surface area contributed by atoms with Crippen LogP contribution < -0.4 is 4.74 Å². The van der Waals surface area contributed by atoms with Crippen LogP contribution in [-0.2, 0) is 6.11 Å². The van der Waals surface area contributed by atoms with Gasteiger partial charge < -0.3 is 4.74 Å². The second-order valence-corrected chi connectivity index (χ2v) is 9.06. The summed E-state index contributed by atoms with van der Waals surface area (Å²) in [5.41, 5.74) is 3.30. The number of aryl methyl sites for hydroxylation is 1. The number of benzene rings is 3. The summed E-state index contributed by atoms with van der Waals surface area (Å²) in [7, 11) is 3.64. The van der Waals surface area contributed by atoms with E-state index < -0.39 is 11.9 Å². The van der Waals surface area contributed by atoms with Gasteiger partial charge in [-0.05, 0) is 72.1 Å². The number of hydrogen-bond acceptors (Lipinski definition) is 1. The maximum atomic E-state index is 14.6. The Morgan fingerprint density at radius 1 is 0.875 bits per heavy atom. The lowest BCUT2D eigenvalue weighted by Gasteiger charge is -2.28. The summed E-state index contributed by atoms with van der Waals surface area (Å²) in [5.74, 6) is 0.604. The van der Waals surface area contributed by atoms with Gasteiger partial charge in [0.2, 0.25) is 0 Å². The van der Waals surface area contributed by atoms with Gasteiger partial charge >= 0.3 is 6.11 Å². The summed E-state index contributed by atoms with van der Waals surface area (Å²) in [5, 5.41) is 0. The van der Waals surface area contributed by atoms with Crippen LogP contribution in [0.1, 0.15) is 48.3 Å². The van der Waals surface area contributed by atoms with Crippen LogP contribution in [0.3, 0.4) is 0 Å². The molecule has 0 unspecified atom stereocenters. The molecule has 0 aliphatic heterocycles. The van der Waals surface area contributed by atoms with Crippen molar-refractivity contribution in [3.8, 4) is 16.9 Å². The van der Waals surface area contributed by atoms with Gasteiger partial charge in [0, 0.05) is 16.3 Å². The SMILES string of the molecule is Cc1ccc(OC(F)(F)c2ccc(-c3ccc(C4CCC(C[Si])CC4)cc3)cc2)cc1F. The molecule has 3 aromatic carbocycles. The zero-order valence-corrected chi connectivity index (χ0v) is 19.1. The Labute approximate surface area is 191 Å². The number of halogens is 3. The molecule has 165 valence electrons. The van der Waals surface area contributed by atoms with Crippen molar-refractivity contribution < 1.29 is 17.9 Å². The van der Waals surface area contributed by atoms with Crippen LogP contribution in [0.5, 0.6) is 5.75 Å². The summed E-state index contributed by atoms with van der Waals surface area (Å²) in [4.78, 5) is 0. The number of rotatable bonds is 6. The van der Waals surface area contributed by atoms with Crippen LogP contribution >= 0.6 is 0 Å². The zero-order valence-electron chi connectivity index (χ0n) is 18.1. The van der Waals surface area contributed by atoms with E-state index in [1.54, 1.807) is 19.1 Å². The smallest absolute Gasteiger partial charge is 0.426 e. The first-order chi connectivity index (χ1) is 15.4. The average Bonchev–Trinajstić information content (AvgIpc) is 2.81. The molecule has 0 heterocycles. The Bertz CT molecular complexity index is 1040. The predicted octanol–water partition coefficient (Wildman–Crippen LogP) is 7.79. The molecule has 3 aromatic rings. The van der Waals surface area contributed by atoms with E-state index in [1.165, 1.54) is 55.5 Å². The minimum atomic E-state index is -3.56. The van der Waals surface area contributed by atoms with E-state index in [2.05, 4.69) is 34.5 Å². The lowest BCUT2D eigenvalue weighted by molar-refractivity contribution is -0.185. The van der Waals surface area contributed by atoms with Gasteiger partial charge in [0.25, 0.3) is 0 Å². The molecule has 1 saturated carbocycles. The molecular weight excluding hydrogens is 425 g/mol. The van der Waals surface area contributed by atoms with Crippen molar-refractivity contribution in [3.63, 3.8) is 0 Å². The standard InChI is InChI=1S/C27H26F3OSi/c1-18-2-15-25(16-26(18)28)31-27(29,30)24-13-11-23(12-14-24)22-9-7-21(8-10-22)20-5-3-19(17-32)4-6-20/h2,7-16,19-20H,3-6,17H2,1H3. The van der Waals surface area contributed by atoms with Crippen LogP contribution in [0.15, 0.2) is 66.7 Å². The molecule has 1 aliphatic carbocycles. The van der Waals surface area contributed by atoms with Crippen LogP contribution in [0.4, 0.5) is 13.2 Å². The summed E-state index contributed by atoms with van der Waals surface area (Å²) >= 11 is 0. The molecular formula is C27H26F3OSi. The fraction of sp³-hybridized carbons (Fsp3) is 0.333. The van der Waals surface area contributed by atoms with Crippen molar-refractivity contribution in [2.75, 3.05) is 0 Å². The molecule has 0 saturated heterocycles. The lowest BCUT2D eigenvalue weighted by atomic mass is 9.79. The average molecular weight is 452 g/mol. The van der Waals surface area contributed by atoms with Crippen molar-refractivity contribution in [2.24, 2.45) is 5.92 Å². The molecule has 32 heavy (non-hydrogen) atoms. The Morgan fingerprint density at radius 3 is 2.03 bits per heavy atom. The third-order valence-corrected chi connectivity index (χ3v) is 7.04. The summed E-state index contributed by atoms with van der Waals surface area (Å²) in [6.45, 7) is 1.57. The first-order valence-corrected chi connectivity index (χ1v) is 11.7. The normalized spacial score (nSPS) is 19.0. The largest absolute Gasteiger partial charge is 0.429 e. The van der Waals surface area contributed by atoms with Gasteiger partial charge in [0.1, 0.15) is 11.6 Å². The van der Waals surface area contributed by atoms with Gasteiger partial charge in [0.05, 0.1) is 5.56 Å². The topological polar surface area (TPSA) is 9.23 Å². The van der Waals surface area contributed by atoms with Crippen LogP contribution in [-0.4, -0.2) is 10.2 Å². The fourth-order valence-corrected chi connectivity index (χ4v) is 4.76. The molecule has 0 N–H and O–H groups in total. The Kier molecular flexibility index (Phi) is 6.75. The summed E-state index contributed by atoms with van der Waals surface area (Å²) < 4.78 is 47.6. The van der Waals surface area contributed by atoms with Gasteiger partial charge in [-0.1, -0.05) is 61.4 Å². The third kappa shape index (κ3) is 5.09. The van der Waals surface area contributed by atoms with Crippen LogP contribution in [0.2, 0.25) is 6.04 Å². The Morgan fingerprint density at radius 2 is 1.47 bits per heavy atom. The highest BCUT2D eigenvalue weighted by Crippen LogP contribution is 2.38. The van der Waals surface area contributed by atoms with E-state index in [-0.39, 0.29) is 11.3 Å². The van der Waals surface area contributed by atoms with E-state index in [1.807, 2.05) is 0 Å². The maximum absolute atomic E-state index is 14.6. The van der Waals surface area contributed by atoms with E-state index in [0.29, 0.717) is 11.5 Å². The van der Waals surface area contributed by atoms with E-state index in [4.69, 9.17) is 4.74 Å². The molecule has 5 heteroatoms. The van der Waals surface area contributed by atoms with Crippen LogP contribution in [0, 0.1) is 18.7 Å². The maximum Gasteiger partial charge on any atom is 0.426 e. The first kappa shape index (κ1) is 22.7. The molecule has 0 amide bonds. The first-order valence-electron chi connectivity index (χ1n) is 11.0. The number of alkyl halides is 2. The highest BCUT2D eigenvalue weighted by molar-refractivity contribution is 6.08. The van der Waals surface area contributed by atoms with Crippen molar-refractivity contribution in [1.29, 1.82) is 0 Å². The lowest BCUT2D eigenvalue weighted by Crippen LogP contribution is -2.21. The number of ether oxygens (including phenoxy) is 1. The van der Waals surface area contributed by atoms with Gasteiger partial charge in [-0.3, -0.25) is 0 Å². The van der Waals surface area contributed by atoms with Crippen molar-refractivity contribution in [1.82, 2.24) is 0 Å². The number of hydrogen-bond donors (Lipinski definition) is 0. The molecule has 0 atom stereocenters. The molecule has 3 radical (unpaired) electrons. The van der Waals surface area contributed by atoms with E-state index in [0.717, 1.165) is 29.2 Å². The Balaban J connectivity index is 1.44. The van der Waals surface area contributed by atoms with Gasteiger partial charge in [0.15, 0.2) is 0 Å². The van der Waals surface area contributed by atoms with Gasteiger partial charge in [-0.2, -0.15) is 8.78 Å². The van der Waals surface area contributed by atoms with Crippen molar-refractivity contribution in [2.45, 2.75) is 50.7 Å². The zero-order chi connectivity index (χ0) is 22.7.